The zero-order valence-corrected chi connectivity index (χ0v) is 11.8. The minimum absolute atomic E-state index is 0.0463. The van der Waals surface area contributed by atoms with E-state index in [9.17, 15) is 9.59 Å². The highest BCUT2D eigenvalue weighted by molar-refractivity contribution is 5.75. The second-order valence-electron chi connectivity index (χ2n) is 5.00. The lowest BCUT2D eigenvalue weighted by molar-refractivity contribution is -0.136. The van der Waals surface area contributed by atoms with Crippen LogP contribution in [0.15, 0.2) is 0 Å². The van der Waals surface area contributed by atoms with E-state index < -0.39 is 0 Å². The van der Waals surface area contributed by atoms with Crippen LogP contribution in [0.2, 0.25) is 0 Å². The van der Waals surface area contributed by atoms with Crippen LogP contribution in [0.1, 0.15) is 40.5 Å². The Morgan fingerprint density at radius 1 is 1.22 bits per heavy atom. The van der Waals surface area contributed by atoms with Crippen LogP contribution in [0, 0.1) is 0 Å². The van der Waals surface area contributed by atoms with Gasteiger partial charge in [-0.25, -0.2) is 4.79 Å². The van der Waals surface area contributed by atoms with Crippen molar-refractivity contribution >= 4 is 12.0 Å². The first kappa shape index (κ1) is 14.8. The lowest BCUT2D eigenvalue weighted by Crippen LogP contribution is -2.59. The summed E-state index contributed by atoms with van der Waals surface area (Å²) in [5, 5.41) is 0. The Balaban J connectivity index is 2.51. The summed E-state index contributed by atoms with van der Waals surface area (Å²) in [6.45, 7) is 9.13. The standard InChI is InChI=1S/C13H24N2O3/c1-5-6-7-18-13(17)14-8-10(2)15(12(4)16)11(3)9-14/h10-11H,5-9H2,1-4H3. The van der Waals surface area contributed by atoms with Crippen LogP contribution in [0.3, 0.4) is 0 Å². The van der Waals surface area contributed by atoms with E-state index >= 15 is 0 Å². The molecule has 0 aromatic rings. The highest BCUT2D eigenvalue weighted by Gasteiger charge is 2.33. The first-order valence-corrected chi connectivity index (χ1v) is 6.68. The van der Waals surface area contributed by atoms with E-state index in [4.69, 9.17) is 4.74 Å². The lowest BCUT2D eigenvalue weighted by atomic mass is 10.1. The van der Waals surface area contributed by atoms with Gasteiger partial charge in [0.25, 0.3) is 0 Å². The molecule has 5 heteroatoms. The van der Waals surface area contributed by atoms with E-state index in [1.165, 1.54) is 0 Å². The number of carbonyl (C=O) groups excluding carboxylic acids is 2. The van der Waals surface area contributed by atoms with Crippen molar-refractivity contribution in [3.05, 3.63) is 0 Å². The number of carbonyl (C=O) groups is 2. The fourth-order valence-corrected chi connectivity index (χ4v) is 2.49. The Hall–Kier alpha value is -1.26. The number of rotatable bonds is 3. The van der Waals surface area contributed by atoms with E-state index in [1.807, 2.05) is 18.7 Å². The Morgan fingerprint density at radius 3 is 2.22 bits per heavy atom. The van der Waals surface area contributed by atoms with E-state index in [0.717, 1.165) is 12.8 Å². The zero-order chi connectivity index (χ0) is 13.7. The Kier molecular flexibility index (Phi) is 5.44. The van der Waals surface area contributed by atoms with Crippen LogP contribution in [-0.4, -0.2) is 53.6 Å². The molecule has 1 fully saturated rings. The van der Waals surface area contributed by atoms with E-state index in [1.54, 1.807) is 11.8 Å². The Bertz CT molecular complexity index is 295. The van der Waals surface area contributed by atoms with E-state index in [-0.39, 0.29) is 24.1 Å². The van der Waals surface area contributed by atoms with Gasteiger partial charge in [0.15, 0.2) is 0 Å². The van der Waals surface area contributed by atoms with Crippen molar-refractivity contribution in [1.82, 2.24) is 9.80 Å². The van der Waals surface area contributed by atoms with Crippen molar-refractivity contribution in [2.75, 3.05) is 19.7 Å². The summed E-state index contributed by atoms with van der Waals surface area (Å²) in [5.41, 5.74) is 0. The van der Waals surface area contributed by atoms with Gasteiger partial charge in [-0.2, -0.15) is 0 Å². The molecule has 2 amide bonds. The minimum Gasteiger partial charge on any atom is -0.449 e. The number of amides is 2. The average molecular weight is 256 g/mol. The summed E-state index contributed by atoms with van der Waals surface area (Å²) >= 11 is 0. The smallest absolute Gasteiger partial charge is 0.409 e. The molecule has 2 unspecified atom stereocenters. The number of piperazine rings is 1. The van der Waals surface area contributed by atoms with E-state index in [0.29, 0.717) is 19.7 Å². The molecule has 0 spiro atoms. The van der Waals surface area contributed by atoms with Crippen molar-refractivity contribution in [3.63, 3.8) is 0 Å². The molecule has 0 aromatic carbocycles. The molecule has 104 valence electrons. The average Bonchev–Trinajstić information content (AvgIpc) is 2.27. The molecular formula is C13H24N2O3. The van der Waals surface area contributed by atoms with Crippen LogP contribution in [0.25, 0.3) is 0 Å². The molecular weight excluding hydrogens is 232 g/mol. The molecule has 0 bridgehead atoms. The quantitative estimate of drug-likeness (QED) is 0.724. The van der Waals surface area contributed by atoms with Crippen molar-refractivity contribution in [3.8, 4) is 0 Å². The van der Waals surface area contributed by atoms with Gasteiger partial charge in [-0.1, -0.05) is 13.3 Å². The molecule has 1 aliphatic rings. The monoisotopic (exact) mass is 256 g/mol. The van der Waals surface area contributed by atoms with Crippen LogP contribution < -0.4 is 0 Å². The van der Waals surface area contributed by atoms with Gasteiger partial charge in [-0.3, -0.25) is 4.79 Å². The second kappa shape index (κ2) is 6.61. The molecule has 0 saturated carbocycles. The maximum atomic E-state index is 11.8. The maximum Gasteiger partial charge on any atom is 0.409 e. The predicted molar refractivity (Wildman–Crippen MR) is 69.3 cm³/mol. The number of hydrogen-bond acceptors (Lipinski definition) is 3. The van der Waals surface area contributed by atoms with Crippen LogP contribution in [0.5, 0.6) is 0 Å². The van der Waals surface area contributed by atoms with Crippen LogP contribution in [-0.2, 0) is 9.53 Å². The summed E-state index contributed by atoms with van der Waals surface area (Å²) in [5.74, 6) is 0.0639. The third-order valence-electron chi connectivity index (χ3n) is 3.26. The van der Waals surface area contributed by atoms with Gasteiger partial charge in [0.1, 0.15) is 0 Å². The zero-order valence-electron chi connectivity index (χ0n) is 11.8. The second-order valence-corrected chi connectivity index (χ2v) is 5.00. The number of nitrogens with zero attached hydrogens (tertiary/aromatic N) is 2. The van der Waals surface area contributed by atoms with Gasteiger partial charge >= 0.3 is 6.09 Å². The molecule has 1 saturated heterocycles. The van der Waals surface area contributed by atoms with Gasteiger partial charge in [-0.15, -0.1) is 0 Å². The van der Waals surface area contributed by atoms with Gasteiger partial charge in [0.2, 0.25) is 5.91 Å². The van der Waals surface area contributed by atoms with E-state index in [2.05, 4.69) is 6.92 Å². The highest BCUT2D eigenvalue weighted by atomic mass is 16.6. The minimum atomic E-state index is -0.259. The van der Waals surface area contributed by atoms with Crippen molar-refractivity contribution < 1.29 is 14.3 Å². The molecule has 0 radical (unpaired) electrons. The van der Waals surface area contributed by atoms with Gasteiger partial charge in [0.05, 0.1) is 6.61 Å². The van der Waals surface area contributed by atoms with Gasteiger partial charge in [-0.05, 0) is 20.3 Å². The maximum absolute atomic E-state index is 11.8. The summed E-state index contributed by atoms with van der Waals surface area (Å²) in [7, 11) is 0. The van der Waals surface area contributed by atoms with Gasteiger partial charge in [0, 0.05) is 32.1 Å². The third kappa shape index (κ3) is 3.62. The number of unbranched alkanes of at least 4 members (excludes halogenated alkanes) is 1. The molecule has 5 nitrogen and oxygen atoms in total. The largest absolute Gasteiger partial charge is 0.449 e. The number of ether oxygens (including phenoxy) is 1. The van der Waals surface area contributed by atoms with Crippen molar-refractivity contribution in [2.45, 2.75) is 52.6 Å². The normalized spacial score (nSPS) is 24.0. The lowest BCUT2D eigenvalue weighted by Gasteiger charge is -2.43. The van der Waals surface area contributed by atoms with Crippen LogP contribution in [0.4, 0.5) is 4.79 Å². The molecule has 0 aliphatic carbocycles. The summed E-state index contributed by atoms with van der Waals surface area (Å²) in [6.07, 6.45) is 1.65. The van der Waals surface area contributed by atoms with Crippen molar-refractivity contribution in [1.29, 1.82) is 0 Å². The Morgan fingerprint density at radius 2 is 1.78 bits per heavy atom. The SMILES string of the molecule is CCCCOC(=O)N1CC(C)N(C(C)=O)C(C)C1. The fourth-order valence-electron chi connectivity index (χ4n) is 2.49. The first-order valence-electron chi connectivity index (χ1n) is 6.68. The van der Waals surface area contributed by atoms with Gasteiger partial charge < -0.3 is 14.5 Å². The van der Waals surface area contributed by atoms with Crippen LogP contribution >= 0.6 is 0 Å². The molecule has 2 atom stereocenters. The Labute approximate surface area is 109 Å². The highest BCUT2D eigenvalue weighted by Crippen LogP contribution is 2.16. The molecule has 1 rings (SSSR count). The molecule has 1 heterocycles. The fraction of sp³-hybridized carbons (Fsp3) is 0.846. The summed E-state index contributed by atoms with van der Waals surface area (Å²) < 4.78 is 5.20. The van der Waals surface area contributed by atoms with Crippen molar-refractivity contribution in [2.24, 2.45) is 0 Å². The topological polar surface area (TPSA) is 49.9 Å². The number of hydrogen-bond donors (Lipinski definition) is 0. The first-order chi connectivity index (χ1) is 8.47. The summed E-state index contributed by atoms with van der Waals surface area (Å²) in [4.78, 5) is 26.9. The summed E-state index contributed by atoms with van der Waals surface area (Å²) in [6, 6.07) is 0.0925. The third-order valence-corrected chi connectivity index (χ3v) is 3.26. The molecule has 1 aliphatic heterocycles. The predicted octanol–water partition coefficient (Wildman–Crippen LogP) is 1.86. The molecule has 0 N–H and O–H groups in total. The molecule has 0 aromatic heterocycles. The molecule has 18 heavy (non-hydrogen) atoms.